The van der Waals surface area contributed by atoms with Crippen LogP contribution in [-0.2, 0) is 4.79 Å². The van der Waals surface area contributed by atoms with Crippen molar-refractivity contribution < 1.29 is 23.6 Å². The molecular formula is C22H16ClN3O5. The van der Waals surface area contributed by atoms with Crippen molar-refractivity contribution in [3.05, 3.63) is 76.0 Å². The number of esters is 1. The second-order valence-corrected chi connectivity index (χ2v) is 6.63. The van der Waals surface area contributed by atoms with Crippen molar-refractivity contribution >= 4 is 35.4 Å². The van der Waals surface area contributed by atoms with Crippen molar-refractivity contribution in [3.8, 4) is 17.6 Å². The highest BCUT2D eigenvalue weighted by Crippen LogP contribution is 2.30. The molecule has 9 heteroatoms. The van der Waals surface area contributed by atoms with E-state index in [2.05, 4.69) is 10.5 Å². The molecule has 3 aromatic rings. The third-order valence-corrected chi connectivity index (χ3v) is 4.36. The molecule has 1 aromatic heterocycles. The van der Waals surface area contributed by atoms with Gasteiger partial charge in [0.15, 0.2) is 17.3 Å². The summed E-state index contributed by atoms with van der Waals surface area (Å²) in [5.74, 6) is -0.187. The van der Waals surface area contributed by atoms with Gasteiger partial charge in [-0.25, -0.2) is 4.79 Å². The minimum atomic E-state index is -0.649. The summed E-state index contributed by atoms with van der Waals surface area (Å²) >= 11 is 6.03. The molecule has 0 aliphatic carbocycles. The first-order valence-corrected chi connectivity index (χ1v) is 9.30. The Bertz CT molecular complexity index is 1210. The second-order valence-electron chi connectivity index (χ2n) is 6.23. The molecule has 1 heterocycles. The molecule has 1 amide bonds. The Labute approximate surface area is 182 Å². The summed E-state index contributed by atoms with van der Waals surface area (Å²) in [6.07, 6.45) is 1.37. The van der Waals surface area contributed by atoms with Gasteiger partial charge in [0.1, 0.15) is 17.4 Å². The smallest absolute Gasteiger partial charge is 0.345 e. The monoisotopic (exact) mass is 437 g/mol. The summed E-state index contributed by atoms with van der Waals surface area (Å²) in [4.78, 5) is 24.7. The molecule has 8 nitrogen and oxygen atoms in total. The van der Waals surface area contributed by atoms with Crippen LogP contribution >= 0.6 is 11.6 Å². The first-order chi connectivity index (χ1) is 14.9. The molecule has 0 radical (unpaired) electrons. The lowest BCUT2D eigenvalue weighted by Gasteiger charge is -2.11. The number of aryl methyl sites for hydroxylation is 1. The number of amides is 1. The first-order valence-electron chi connectivity index (χ1n) is 8.92. The summed E-state index contributed by atoms with van der Waals surface area (Å²) in [6, 6.07) is 14.5. The van der Waals surface area contributed by atoms with Crippen LogP contribution in [-0.4, -0.2) is 24.1 Å². The van der Waals surface area contributed by atoms with Gasteiger partial charge in [0.2, 0.25) is 0 Å². The lowest BCUT2D eigenvalue weighted by atomic mass is 10.1. The lowest BCUT2D eigenvalue weighted by Crippen LogP contribution is -2.13. The number of carbonyl (C=O) groups is 2. The first kappa shape index (κ1) is 21.6. The number of nitrogens with zero attached hydrogens (tertiary/aromatic N) is 2. The Morgan fingerprint density at radius 3 is 2.61 bits per heavy atom. The molecule has 0 saturated heterocycles. The maximum Gasteiger partial charge on any atom is 0.345 e. The fraction of sp³-hybridized carbons (Fsp3) is 0.0909. The number of ether oxygens (including phenoxy) is 2. The molecule has 0 aliphatic rings. The van der Waals surface area contributed by atoms with Crippen molar-refractivity contribution in [3.63, 3.8) is 0 Å². The number of methoxy groups -OCH3 is 1. The number of hydrogen-bond donors (Lipinski definition) is 1. The van der Waals surface area contributed by atoms with Gasteiger partial charge in [-0.05, 0) is 42.8 Å². The highest BCUT2D eigenvalue weighted by Gasteiger charge is 2.16. The minimum absolute atomic E-state index is 0.158. The van der Waals surface area contributed by atoms with E-state index >= 15 is 0 Å². The van der Waals surface area contributed by atoms with E-state index in [1.165, 1.54) is 31.4 Å². The van der Waals surface area contributed by atoms with Gasteiger partial charge in [0.05, 0.1) is 17.7 Å². The molecule has 156 valence electrons. The molecule has 2 aromatic carbocycles. The number of halogens is 1. The molecule has 3 rings (SSSR count). The molecule has 0 bridgehead atoms. The van der Waals surface area contributed by atoms with Crippen molar-refractivity contribution in [2.24, 2.45) is 0 Å². The molecule has 31 heavy (non-hydrogen) atoms. The summed E-state index contributed by atoms with van der Waals surface area (Å²) in [5.41, 5.74) is 0.530. The zero-order valence-corrected chi connectivity index (χ0v) is 17.3. The average molecular weight is 438 g/mol. The number of rotatable bonds is 6. The van der Waals surface area contributed by atoms with Crippen LogP contribution in [0, 0.1) is 18.3 Å². The maximum atomic E-state index is 12.4. The Morgan fingerprint density at radius 2 is 1.97 bits per heavy atom. The van der Waals surface area contributed by atoms with E-state index in [9.17, 15) is 14.9 Å². The molecule has 1 N–H and O–H groups in total. The minimum Gasteiger partial charge on any atom is -0.493 e. The van der Waals surface area contributed by atoms with E-state index in [-0.39, 0.29) is 33.5 Å². The second kappa shape index (κ2) is 9.61. The fourth-order valence-corrected chi connectivity index (χ4v) is 2.78. The Morgan fingerprint density at radius 1 is 1.19 bits per heavy atom. The van der Waals surface area contributed by atoms with Crippen LogP contribution in [0.2, 0.25) is 5.02 Å². The van der Waals surface area contributed by atoms with E-state index < -0.39 is 11.9 Å². The summed E-state index contributed by atoms with van der Waals surface area (Å²) in [5, 5.41) is 15.8. The van der Waals surface area contributed by atoms with Gasteiger partial charge in [-0.1, -0.05) is 35.0 Å². The van der Waals surface area contributed by atoms with Crippen molar-refractivity contribution in [2.75, 3.05) is 12.4 Å². The van der Waals surface area contributed by atoms with E-state index in [4.69, 9.17) is 25.6 Å². The number of anilines is 1. The molecule has 0 aliphatic heterocycles. The van der Waals surface area contributed by atoms with Gasteiger partial charge in [0, 0.05) is 6.07 Å². The zero-order valence-electron chi connectivity index (χ0n) is 16.5. The number of nitriles is 1. The predicted octanol–water partition coefficient (Wildman–Crippen LogP) is 4.41. The van der Waals surface area contributed by atoms with Crippen LogP contribution in [0.25, 0.3) is 6.08 Å². The normalized spacial score (nSPS) is 10.8. The molecule has 0 unspecified atom stereocenters. The van der Waals surface area contributed by atoms with Gasteiger partial charge in [0.25, 0.3) is 5.91 Å². The van der Waals surface area contributed by atoms with Crippen molar-refractivity contribution in [2.45, 2.75) is 6.92 Å². The maximum absolute atomic E-state index is 12.4. The standard InChI is InChI=1S/C22H16ClN3O5/c1-13-9-20(26-31-13)25-21(27)15(12-24)10-14-7-8-18(19(11-14)29-2)30-22(28)16-5-3-4-6-17(16)23/h3-11H,1-2H3,(H,25,26,27)/b15-10-. The van der Waals surface area contributed by atoms with Crippen LogP contribution in [0.4, 0.5) is 5.82 Å². The number of nitrogens with one attached hydrogen (secondary N) is 1. The number of carbonyl (C=O) groups excluding carboxylic acids is 2. The Balaban J connectivity index is 1.81. The fourth-order valence-electron chi connectivity index (χ4n) is 2.56. The molecular weight excluding hydrogens is 422 g/mol. The Hall–Kier alpha value is -4.09. The third-order valence-electron chi connectivity index (χ3n) is 4.03. The largest absolute Gasteiger partial charge is 0.493 e. The number of hydrogen-bond acceptors (Lipinski definition) is 7. The lowest BCUT2D eigenvalue weighted by molar-refractivity contribution is -0.112. The number of benzene rings is 2. The molecule has 0 spiro atoms. The van der Waals surface area contributed by atoms with E-state index in [1.807, 2.05) is 6.07 Å². The predicted molar refractivity (Wildman–Crippen MR) is 113 cm³/mol. The van der Waals surface area contributed by atoms with E-state index in [0.29, 0.717) is 11.3 Å². The van der Waals surface area contributed by atoms with Crippen molar-refractivity contribution in [1.29, 1.82) is 5.26 Å². The highest BCUT2D eigenvalue weighted by atomic mass is 35.5. The van der Waals surface area contributed by atoms with Crippen LogP contribution < -0.4 is 14.8 Å². The quantitative estimate of drug-likeness (QED) is 0.263. The van der Waals surface area contributed by atoms with E-state index in [0.717, 1.165) is 0 Å². The average Bonchev–Trinajstić information content (AvgIpc) is 3.17. The summed E-state index contributed by atoms with van der Waals surface area (Å²) in [7, 11) is 1.40. The van der Waals surface area contributed by atoms with Gasteiger partial charge >= 0.3 is 5.97 Å². The molecule has 0 saturated carbocycles. The van der Waals surface area contributed by atoms with Gasteiger partial charge < -0.3 is 19.3 Å². The SMILES string of the molecule is COc1cc(/C=C(/C#N)C(=O)Nc2cc(C)on2)ccc1OC(=O)c1ccccc1Cl. The summed E-state index contributed by atoms with van der Waals surface area (Å²) in [6.45, 7) is 1.68. The van der Waals surface area contributed by atoms with Crippen LogP contribution in [0.15, 0.2) is 58.6 Å². The molecule has 0 atom stereocenters. The zero-order chi connectivity index (χ0) is 22.4. The summed E-state index contributed by atoms with van der Waals surface area (Å²) < 4.78 is 15.5. The topological polar surface area (TPSA) is 114 Å². The third kappa shape index (κ3) is 5.29. The number of aromatic nitrogens is 1. The highest BCUT2D eigenvalue weighted by molar-refractivity contribution is 6.33. The van der Waals surface area contributed by atoms with Crippen LogP contribution in [0.3, 0.4) is 0 Å². The van der Waals surface area contributed by atoms with Crippen molar-refractivity contribution in [1.82, 2.24) is 5.16 Å². The van der Waals surface area contributed by atoms with E-state index in [1.54, 1.807) is 37.3 Å². The molecule has 0 fully saturated rings. The van der Waals surface area contributed by atoms with Gasteiger partial charge in [-0.3, -0.25) is 4.79 Å². The Kier molecular flexibility index (Phi) is 6.70. The van der Waals surface area contributed by atoms with Crippen LogP contribution in [0.5, 0.6) is 11.5 Å². The van der Waals surface area contributed by atoms with Gasteiger partial charge in [-0.2, -0.15) is 5.26 Å². The van der Waals surface area contributed by atoms with Gasteiger partial charge in [-0.15, -0.1) is 0 Å². The van der Waals surface area contributed by atoms with Crippen LogP contribution in [0.1, 0.15) is 21.7 Å².